The predicted molar refractivity (Wildman–Crippen MR) is 123 cm³/mol. The fraction of sp³-hybridized carbons (Fsp3) is 0.478. The number of aliphatic hydroxyl groups excluding tert-OH is 1. The van der Waals surface area contributed by atoms with E-state index in [-0.39, 0.29) is 14.9 Å². The summed E-state index contributed by atoms with van der Waals surface area (Å²) >= 11 is 4.06. The van der Waals surface area contributed by atoms with Gasteiger partial charge in [-0.15, -0.1) is 0 Å². The van der Waals surface area contributed by atoms with Crippen LogP contribution < -0.4 is 5.32 Å². The third kappa shape index (κ3) is 6.50. The highest BCUT2D eigenvalue weighted by Crippen LogP contribution is 2.32. The van der Waals surface area contributed by atoms with Gasteiger partial charge in [-0.3, -0.25) is 0 Å². The molecule has 0 radical (unpaired) electrons. The fourth-order valence-corrected chi connectivity index (χ4v) is 5.32. The molecule has 0 heterocycles. The highest BCUT2D eigenvalue weighted by atomic mass is 79.9. The zero-order valence-corrected chi connectivity index (χ0v) is 20.0. The summed E-state index contributed by atoms with van der Waals surface area (Å²) in [5.74, 6) is -0.396. The molecule has 2 N–H and O–H groups in total. The first-order valence-corrected chi connectivity index (χ1v) is 11.7. The van der Waals surface area contributed by atoms with Crippen LogP contribution >= 0.6 is 27.9 Å². The van der Waals surface area contributed by atoms with Crippen LogP contribution in [0.2, 0.25) is 0 Å². The second-order valence-electron chi connectivity index (χ2n) is 8.76. The molecule has 0 amide bonds. The summed E-state index contributed by atoms with van der Waals surface area (Å²) in [4.78, 5) is 0.194. The van der Waals surface area contributed by atoms with Crippen molar-refractivity contribution in [2.45, 2.75) is 49.6 Å². The minimum atomic E-state index is -0.620. The molecule has 3 rings (SSSR count). The van der Waals surface area contributed by atoms with Crippen molar-refractivity contribution in [3.05, 3.63) is 63.6 Å². The zero-order chi connectivity index (χ0) is 21.9. The average Bonchev–Trinajstić information content (AvgIpc) is 3.06. The van der Waals surface area contributed by atoms with Gasteiger partial charge in [0, 0.05) is 18.6 Å². The first-order valence-electron chi connectivity index (χ1n) is 10.2. The Balaban J connectivity index is 1.44. The number of rotatable bonds is 9. The number of likely N-dealkylation sites (N-methyl/N-ethyl adjacent to an activating group) is 1. The SMILES string of the molecule is CN(C[C@H](O)CNC(C)(C)CC1Cc2ccccc2C1)Sc1cc(F)c(Br)cc1F. The Morgan fingerprint density at radius 1 is 1.20 bits per heavy atom. The highest BCUT2D eigenvalue weighted by Gasteiger charge is 2.28. The molecular weight excluding hydrogens is 470 g/mol. The lowest BCUT2D eigenvalue weighted by Crippen LogP contribution is -2.46. The second-order valence-corrected chi connectivity index (χ2v) is 10.9. The van der Waals surface area contributed by atoms with Gasteiger partial charge in [0.1, 0.15) is 11.6 Å². The van der Waals surface area contributed by atoms with Crippen molar-refractivity contribution >= 4 is 27.9 Å². The minimum absolute atomic E-state index is 0.0969. The van der Waals surface area contributed by atoms with Gasteiger partial charge in [-0.05, 0) is 97.2 Å². The summed E-state index contributed by atoms with van der Waals surface area (Å²) in [5, 5.41) is 13.9. The summed E-state index contributed by atoms with van der Waals surface area (Å²) in [7, 11) is 1.76. The number of halogens is 3. The van der Waals surface area contributed by atoms with Gasteiger partial charge in [0.25, 0.3) is 0 Å². The number of hydrogen-bond acceptors (Lipinski definition) is 4. The Kier molecular flexibility index (Phi) is 7.96. The van der Waals surface area contributed by atoms with E-state index in [1.807, 2.05) is 0 Å². The van der Waals surface area contributed by atoms with Crippen LogP contribution in [0.25, 0.3) is 0 Å². The van der Waals surface area contributed by atoms with E-state index >= 15 is 0 Å². The standard InChI is InChI=1S/C23H29BrF2N2OS/c1-23(2,12-15-8-16-6-4-5-7-17(16)9-15)27-13-18(29)14-28(3)30-22-11-20(25)19(24)10-21(22)26/h4-7,10-11,15,18,27,29H,8-9,12-14H2,1-3H3/t18-/m1/s1. The third-order valence-corrected chi connectivity index (χ3v) is 7.03. The van der Waals surface area contributed by atoms with Crippen LogP contribution in [-0.2, 0) is 12.8 Å². The molecular formula is C23H29BrF2N2OS. The van der Waals surface area contributed by atoms with Crippen LogP contribution in [0.5, 0.6) is 0 Å². The van der Waals surface area contributed by atoms with E-state index in [1.54, 1.807) is 11.4 Å². The lowest BCUT2D eigenvalue weighted by Gasteiger charge is -2.31. The summed E-state index contributed by atoms with van der Waals surface area (Å²) in [5.41, 5.74) is 2.81. The van der Waals surface area contributed by atoms with Crippen LogP contribution in [0.1, 0.15) is 31.4 Å². The largest absolute Gasteiger partial charge is 0.390 e. The van der Waals surface area contributed by atoms with E-state index in [1.165, 1.54) is 11.1 Å². The molecule has 0 spiro atoms. The van der Waals surface area contributed by atoms with Gasteiger partial charge >= 0.3 is 0 Å². The van der Waals surface area contributed by atoms with E-state index in [0.717, 1.165) is 43.3 Å². The number of fused-ring (bicyclic) bond motifs is 1. The number of aliphatic hydroxyl groups is 1. The predicted octanol–water partition coefficient (Wildman–Crippen LogP) is 5.20. The molecule has 1 aliphatic carbocycles. The van der Waals surface area contributed by atoms with Crippen molar-refractivity contribution in [3.8, 4) is 0 Å². The number of β-amino-alcohol motifs (C(OH)–C–C–N with tert-alkyl or cyclic N) is 1. The van der Waals surface area contributed by atoms with Crippen LogP contribution in [0.15, 0.2) is 45.8 Å². The molecule has 0 saturated heterocycles. The van der Waals surface area contributed by atoms with Crippen molar-refractivity contribution in [2.75, 3.05) is 20.1 Å². The van der Waals surface area contributed by atoms with Crippen LogP contribution in [0.4, 0.5) is 8.78 Å². The second kappa shape index (κ2) is 10.1. The Bertz CT molecular complexity index is 855. The lowest BCUT2D eigenvalue weighted by molar-refractivity contribution is 0.138. The molecule has 0 saturated carbocycles. The smallest absolute Gasteiger partial charge is 0.139 e. The number of hydrogen-bond donors (Lipinski definition) is 2. The molecule has 3 nitrogen and oxygen atoms in total. The first kappa shape index (κ1) is 23.7. The molecule has 0 aromatic heterocycles. The number of benzene rings is 2. The van der Waals surface area contributed by atoms with Gasteiger partial charge in [0.2, 0.25) is 0 Å². The molecule has 1 aliphatic rings. The van der Waals surface area contributed by atoms with Gasteiger partial charge in [0.15, 0.2) is 0 Å². The van der Waals surface area contributed by atoms with Gasteiger partial charge in [-0.2, -0.15) is 0 Å². The third-order valence-electron chi connectivity index (χ3n) is 5.45. The van der Waals surface area contributed by atoms with E-state index in [9.17, 15) is 13.9 Å². The maximum atomic E-state index is 14.0. The van der Waals surface area contributed by atoms with E-state index in [4.69, 9.17) is 0 Å². The Morgan fingerprint density at radius 3 is 2.47 bits per heavy atom. The van der Waals surface area contributed by atoms with Crippen LogP contribution in [-0.4, -0.2) is 41.2 Å². The van der Waals surface area contributed by atoms with Gasteiger partial charge in [0.05, 0.1) is 15.5 Å². The van der Waals surface area contributed by atoms with Crippen molar-refractivity contribution in [2.24, 2.45) is 5.92 Å². The lowest BCUT2D eigenvalue weighted by atomic mass is 9.88. The fourth-order valence-electron chi connectivity index (χ4n) is 4.12. The van der Waals surface area contributed by atoms with Gasteiger partial charge in [-0.1, -0.05) is 24.3 Å². The van der Waals surface area contributed by atoms with Gasteiger partial charge < -0.3 is 10.4 Å². The number of nitrogens with zero attached hydrogens (tertiary/aromatic N) is 1. The average molecular weight is 499 g/mol. The maximum Gasteiger partial charge on any atom is 0.139 e. The van der Waals surface area contributed by atoms with Crippen LogP contribution in [0, 0.1) is 17.6 Å². The molecule has 2 aromatic rings. The van der Waals surface area contributed by atoms with E-state index in [2.05, 4.69) is 59.4 Å². The Labute approximate surface area is 190 Å². The monoisotopic (exact) mass is 498 g/mol. The molecule has 0 aliphatic heterocycles. The summed E-state index contributed by atoms with van der Waals surface area (Å²) < 4.78 is 29.5. The molecule has 2 aromatic carbocycles. The molecule has 0 bridgehead atoms. The molecule has 1 atom stereocenters. The van der Waals surface area contributed by atoms with E-state index < -0.39 is 17.7 Å². The molecule has 30 heavy (non-hydrogen) atoms. The van der Waals surface area contributed by atoms with E-state index in [0.29, 0.717) is 19.0 Å². The van der Waals surface area contributed by atoms with Crippen molar-refractivity contribution in [1.82, 2.24) is 9.62 Å². The maximum absolute atomic E-state index is 14.0. The van der Waals surface area contributed by atoms with Crippen LogP contribution in [0.3, 0.4) is 0 Å². The van der Waals surface area contributed by atoms with Crippen molar-refractivity contribution in [1.29, 1.82) is 0 Å². The summed E-state index contributed by atoms with van der Waals surface area (Å²) in [6, 6.07) is 10.9. The Morgan fingerprint density at radius 2 is 1.83 bits per heavy atom. The first-order chi connectivity index (χ1) is 14.1. The molecule has 0 unspecified atom stereocenters. The van der Waals surface area contributed by atoms with Crippen molar-refractivity contribution in [3.63, 3.8) is 0 Å². The zero-order valence-electron chi connectivity index (χ0n) is 17.6. The van der Waals surface area contributed by atoms with Gasteiger partial charge in [-0.25, -0.2) is 13.1 Å². The molecule has 164 valence electrons. The summed E-state index contributed by atoms with van der Waals surface area (Å²) in [6.45, 7) is 5.11. The quantitative estimate of drug-likeness (QED) is 0.367. The topological polar surface area (TPSA) is 35.5 Å². The Hall–Kier alpha value is -0.990. The minimum Gasteiger partial charge on any atom is -0.390 e. The molecule has 7 heteroatoms. The van der Waals surface area contributed by atoms with Crippen molar-refractivity contribution < 1.29 is 13.9 Å². The highest BCUT2D eigenvalue weighted by molar-refractivity contribution is 9.10. The molecule has 0 fully saturated rings. The summed E-state index contributed by atoms with van der Waals surface area (Å²) in [6.07, 6.45) is 2.63. The number of nitrogens with one attached hydrogen (secondary N) is 1. The normalized spacial score (nSPS) is 15.6.